The van der Waals surface area contributed by atoms with Crippen LogP contribution in [0.2, 0.25) is 0 Å². The molecule has 0 fully saturated rings. The molecule has 3 rings (SSSR count). The number of halogens is 1. The first-order valence-electron chi connectivity index (χ1n) is 9.82. The van der Waals surface area contributed by atoms with Crippen LogP contribution in [0.4, 0.5) is 4.39 Å². The highest BCUT2D eigenvalue weighted by molar-refractivity contribution is 5.63. The van der Waals surface area contributed by atoms with Gasteiger partial charge in [-0.1, -0.05) is 85.3 Å². The fourth-order valence-corrected chi connectivity index (χ4v) is 3.18. The molecule has 1 N–H and O–H groups in total. The van der Waals surface area contributed by atoms with Gasteiger partial charge in [0.15, 0.2) is 0 Å². The second kappa shape index (κ2) is 9.53. The number of benzene rings is 3. The highest BCUT2D eigenvalue weighted by Crippen LogP contribution is 2.25. The van der Waals surface area contributed by atoms with E-state index in [1.165, 1.54) is 23.6 Å². The van der Waals surface area contributed by atoms with E-state index in [1.807, 2.05) is 24.3 Å². The minimum Gasteiger partial charge on any atom is -0.509 e. The van der Waals surface area contributed by atoms with Crippen LogP contribution in [0.3, 0.4) is 0 Å². The van der Waals surface area contributed by atoms with Crippen molar-refractivity contribution in [3.05, 3.63) is 107 Å². The van der Waals surface area contributed by atoms with Crippen molar-refractivity contribution < 1.29 is 14.2 Å². The predicted octanol–water partition coefficient (Wildman–Crippen LogP) is 7.24. The van der Waals surface area contributed by atoms with Crippen LogP contribution in [0.1, 0.15) is 42.0 Å². The molecule has 0 radical (unpaired) electrons. The number of aliphatic hydroxyl groups excluding tert-OH is 1. The second-order valence-corrected chi connectivity index (χ2v) is 7.44. The molecule has 3 heteroatoms. The number of ether oxygens (including phenoxy) is 1. The van der Waals surface area contributed by atoms with Gasteiger partial charge in [0.05, 0.1) is 13.2 Å². The smallest absolute Gasteiger partial charge is 0.135 e. The van der Waals surface area contributed by atoms with Crippen LogP contribution in [0.25, 0.3) is 11.1 Å². The Morgan fingerprint density at radius 3 is 1.76 bits per heavy atom. The zero-order chi connectivity index (χ0) is 20.8. The lowest BCUT2D eigenvalue weighted by Crippen LogP contribution is -2.00. The van der Waals surface area contributed by atoms with E-state index < -0.39 is 5.83 Å². The van der Waals surface area contributed by atoms with Crippen molar-refractivity contribution in [2.75, 3.05) is 0 Å². The van der Waals surface area contributed by atoms with Gasteiger partial charge in [0.1, 0.15) is 11.6 Å². The maximum atomic E-state index is 13.2. The lowest BCUT2D eigenvalue weighted by Gasteiger charge is -2.12. The third-order valence-electron chi connectivity index (χ3n) is 5.12. The standard InChI is InChI=1S/C26H27FO2/c1-18-4-10-24(11-5-18)25-14-8-22(9-15-25)17-29-16-21-6-12-23(13-7-21)19(2)26(28)20(3)27/h4-15,19,28H,16-17H2,1-3H3/b26-20-. The van der Waals surface area contributed by atoms with Crippen LogP contribution in [-0.2, 0) is 18.0 Å². The topological polar surface area (TPSA) is 29.5 Å². The molecule has 0 spiro atoms. The highest BCUT2D eigenvalue weighted by Gasteiger charge is 2.13. The van der Waals surface area contributed by atoms with Crippen LogP contribution < -0.4 is 0 Å². The van der Waals surface area contributed by atoms with Crippen molar-refractivity contribution in [3.63, 3.8) is 0 Å². The van der Waals surface area contributed by atoms with Gasteiger partial charge in [-0.25, -0.2) is 4.39 Å². The summed E-state index contributed by atoms with van der Waals surface area (Å²) in [5, 5.41) is 9.77. The Bertz CT molecular complexity index is 951. The molecule has 2 nitrogen and oxygen atoms in total. The van der Waals surface area contributed by atoms with Gasteiger partial charge >= 0.3 is 0 Å². The van der Waals surface area contributed by atoms with Crippen molar-refractivity contribution in [3.8, 4) is 11.1 Å². The van der Waals surface area contributed by atoms with Gasteiger partial charge in [0.25, 0.3) is 0 Å². The third kappa shape index (κ3) is 5.55. The van der Waals surface area contributed by atoms with Crippen LogP contribution >= 0.6 is 0 Å². The summed E-state index contributed by atoms with van der Waals surface area (Å²) < 4.78 is 19.0. The van der Waals surface area contributed by atoms with Crippen molar-refractivity contribution in [1.82, 2.24) is 0 Å². The van der Waals surface area contributed by atoms with E-state index in [-0.39, 0.29) is 11.7 Å². The van der Waals surface area contributed by atoms with E-state index in [2.05, 4.69) is 55.5 Å². The molecule has 0 heterocycles. The zero-order valence-corrected chi connectivity index (χ0v) is 17.2. The quantitative estimate of drug-likeness (QED) is 0.431. The summed E-state index contributed by atoms with van der Waals surface area (Å²) >= 11 is 0. The summed E-state index contributed by atoms with van der Waals surface area (Å²) in [5.74, 6) is -1.12. The molecule has 1 unspecified atom stereocenters. The number of aliphatic hydroxyl groups is 1. The molecule has 29 heavy (non-hydrogen) atoms. The molecule has 0 aliphatic carbocycles. The number of hydrogen-bond donors (Lipinski definition) is 1. The zero-order valence-electron chi connectivity index (χ0n) is 17.2. The SMILES string of the molecule is C/C(F)=C(/O)C(C)c1ccc(COCc2ccc(-c3ccc(C)cc3)cc2)cc1. The third-order valence-corrected chi connectivity index (χ3v) is 5.12. The van der Waals surface area contributed by atoms with Gasteiger partial charge in [-0.2, -0.15) is 0 Å². The van der Waals surface area contributed by atoms with Crippen LogP contribution in [0.15, 0.2) is 84.4 Å². The summed E-state index contributed by atoms with van der Waals surface area (Å²) in [6.07, 6.45) is 0. The van der Waals surface area contributed by atoms with E-state index in [0.29, 0.717) is 13.2 Å². The molecule has 0 saturated heterocycles. The summed E-state index contributed by atoms with van der Waals surface area (Å²) in [6.45, 7) is 6.17. The average Bonchev–Trinajstić information content (AvgIpc) is 2.74. The van der Waals surface area contributed by atoms with Gasteiger partial charge in [-0.15, -0.1) is 0 Å². The first-order valence-corrected chi connectivity index (χ1v) is 9.82. The maximum absolute atomic E-state index is 13.2. The number of allylic oxidation sites excluding steroid dienone is 2. The summed E-state index contributed by atoms with van der Waals surface area (Å²) in [7, 11) is 0. The molecule has 1 atom stereocenters. The molecule has 0 aliphatic rings. The molecule has 0 amide bonds. The van der Waals surface area contributed by atoms with Gasteiger partial charge in [0.2, 0.25) is 0 Å². The van der Waals surface area contributed by atoms with Gasteiger partial charge in [0, 0.05) is 5.92 Å². The lowest BCUT2D eigenvalue weighted by molar-refractivity contribution is 0.107. The van der Waals surface area contributed by atoms with Gasteiger partial charge < -0.3 is 9.84 Å². The fraction of sp³-hybridized carbons (Fsp3) is 0.231. The highest BCUT2D eigenvalue weighted by atomic mass is 19.1. The van der Waals surface area contributed by atoms with Crippen molar-refractivity contribution in [1.29, 1.82) is 0 Å². The van der Waals surface area contributed by atoms with Crippen molar-refractivity contribution in [2.45, 2.75) is 39.9 Å². The number of hydrogen-bond acceptors (Lipinski definition) is 2. The molecule has 0 aliphatic heterocycles. The lowest BCUT2D eigenvalue weighted by atomic mass is 9.97. The Morgan fingerprint density at radius 1 is 0.828 bits per heavy atom. The number of rotatable bonds is 7. The Hall–Kier alpha value is -2.91. The van der Waals surface area contributed by atoms with Crippen molar-refractivity contribution >= 4 is 0 Å². The largest absolute Gasteiger partial charge is 0.509 e. The Balaban J connectivity index is 1.53. The molecular formula is C26H27FO2. The molecule has 150 valence electrons. The second-order valence-electron chi connectivity index (χ2n) is 7.44. The van der Waals surface area contributed by atoms with Gasteiger partial charge in [-0.3, -0.25) is 0 Å². The predicted molar refractivity (Wildman–Crippen MR) is 116 cm³/mol. The van der Waals surface area contributed by atoms with Crippen molar-refractivity contribution in [2.24, 2.45) is 0 Å². The minimum atomic E-state index is -0.543. The van der Waals surface area contributed by atoms with E-state index in [0.717, 1.165) is 16.7 Å². The van der Waals surface area contributed by atoms with Crippen LogP contribution in [0, 0.1) is 6.92 Å². The normalized spacial score (nSPS) is 13.1. The maximum Gasteiger partial charge on any atom is 0.135 e. The average molecular weight is 390 g/mol. The van der Waals surface area contributed by atoms with E-state index in [9.17, 15) is 9.50 Å². The van der Waals surface area contributed by atoms with E-state index in [1.54, 1.807) is 6.92 Å². The van der Waals surface area contributed by atoms with Crippen LogP contribution in [0.5, 0.6) is 0 Å². The first-order chi connectivity index (χ1) is 13.9. The van der Waals surface area contributed by atoms with Crippen LogP contribution in [-0.4, -0.2) is 5.11 Å². The fourth-order valence-electron chi connectivity index (χ4n) is 3.18. The monoisotopic (exact) mass is 390 g/mol. The summed E-state index contributed by atoms with van der Waals surface area (Å²) in [5.41, 5.74) is 6.69. The van der Waals surface area contributed by atoms with E-state index in [4.69, 9.17) is 4.74 Å². The molecule has 3 aromatic rings. The molecular weight excluding hydrogens is 363 g/mol. The Morgan fingerprint density at radius 2 is 1.28 bits per heavy atom. The number of aryl methyl sites for hydroxylation is 1. The Kier molecular flexibility index (Phi) is 6.84. The minimum absolute atomic E-state index is 0.219. The molecule has 3 aromatic carbocycles. The first kappa shape index (κ1) is 20.8. The van der Waals surface area contributed by atoms with Gasteiger partial charge in [-0.05, 0) is 41.7 Å². The molecule has 0 saturated carbocycles. The Labute approximate surface area is 172 Å². The molecule has 0 bridgehead atoms. The van der Waals surface area contributed by atoms with E-state index >= 15 is 0 Å². The summed E-state index contributed by atoms with van der Waals surface area (Å²) in [4.78, 5) is 0. The summed E-state index contributed by atoms with van der Waals surface area (Å²) in [6, 6.07) is 24.6. The molecule has 0 aromatic heterocycles.